The second-order valence-electron chi connectivity index (χ2n) is 4.91. The van der Waals surface area contributed by atoms with E-state index in [1.54, 1.807) is 12.1 Å². The van der Waals surface area contributed by atoms with Gasteiger partial charge in [0.05, 0.1) is 0 Å². The second-order valence-corrected chi connectivity index (χ2v) is 8.03. The van der Waals surface area contributed by atoms with Gasteiger partial charge in [0.15, 0.2) is 10.3 Å². The Kier molecular flexibility index (Phi) is 12.3. The smallest absolute Gasteiger partial charge is 0.151 e. The Morgan fingerprint density at radius 1 is 0.778 bits per heavy atom. The van der Waals surface area contributed by atoms with Crippen molar-refractivity contribution in [2.75, 3.05) is 0 Å². The van der Waals surface area contributed by atoms with Crippen molar-refractivity contribution in [2.45, 2.75) is 21.3 Å². The van der Waals surface area contributed by atoms with Gasteiger partial charge in [-0.1, -0.05) is 35.3 Å². The number of hydrogen-bond acceptors (Lipinski definition) is 5. The third kappa shape index (κ3) is 8.86. The van der Waals surface area contributed by atoms with E-state index in [-0.39, 0.29) is 55.9 Å². The number of amidine groups is 2. The molecule has 2 aromatic rings. The number of thioether (sulfide) groups is 2. The van der Waals surface area contributed by atoms with Gasteiger partial charge in [0, 0.05) is 21.3 Å². The lowest BCUT2D eigenvalue weighted by Crippen LogP contribution is -2.04. The van der Waals surface area contributed by atoms with E-state index in [4.69, 9.17) is 22.3 Å². The topological polar surface area (TPSA) is 99.7 Å². The molecule has 0 heterocycles. The molecule has 4 nitrogen and oxygen atoms in total. The summed E-state index contributed by atoms with van der Waals surface area (Å²) in [7, 11) is 0. The Labute approximate surface area is 190 Å². The molecule has 0 saturated heterocycles. The summed E-state index contributed by atoms with van der Waals surface area (Å²) in [5.74, 6) is 0.00685. The fourth-order valence-corrected chi connectivity index (χ4v) is 4.27. The van der Waals surface area contributed by atoms with Crippen LogP contribution in [0.2, 0.25) is 0 Å². The first-order valence-corrected chi connectivity index (χ1v) is 9.82. The summed E-state index contributed by atoms with van der Waals surface area (Å²) >= 11 is 3.60. The first kappa shape index (κ1) is 26.2. The van der Waals surface area contributed by atoms with Gasteiger partial charge in [0.2, 0.25) is 0 Å². The van der Waals surface area contributed by atoms with Gasteiger partial charge in [-0.05, 0) is 47.5 Å². The largest absolute Gasteiger partial charge is 0.379 e. The molecule has 27 heavy (non-hydrogen) atoms. The van der Waals surface area contributed by atoms with E-state index in [0.717, 1.165) is 33.3 Å². The molecule has 0 unspecified atom stereocenters. The third-order valence-corrected chi connectivity index (χ3v) is 5.80. The lowest BCUT2D eigenvalue weighted by molar-refractivity contribution is 0.625. The van der Waals surface area contributed by atoms with Crippen LogP contribution < -0.4 is 11.5 Å². The van der Waals surface area contributed by atoms with Crippen LogP contribution in [0.3, 0.4) is 0 Å². The Balaban J connectivity index is 0.00000338. The standard InChI is InChI=1S/C16H16F2N4S3.2BrH/c17-11-1-3-13(9(5-11)7-23-15(19)20)25-14-4-2-12(18)6-10(14)8-24-16(21)22;;/h1-6H,7-8H2,(H3,19,20)(H3,21,22);2*1H. The van der Waals surface area contributed by atoms with Crippen molar-refractivity contribution in [3.8, 4) is 0 Å². The SMILES string of the molecule is Br.Br.N=C(N)SCc1cc(F)ccc1Sc1ccc(F)cc1CSC(=N)N. The van der Waals surface area contributed by atoms with E-state index < -0.39 is 0 Å². The Morgan fingerprint density at radius 2 is 1.15 bits per heavy atom. The number of nitrogens with two attached hydrogens (primary N) is 2. The van der Waals surface area contributed by atoms with Crippen LogP contribution in [-0.4, -0.2) is 10.3 Å². The van der Waals surface area contributed by atoms with Gasteiger partial charge >= 0.3 is 0 Å². The third-order valence-electron chi connectivity index (χ3n) is 3.03. The van der Waals surface area contributed by atoms with E-state index in [9.17, 15) is 8.78 Å². The molecule has 0 saturated carbocycles. The first-order chi connectivity index (χ1) is 11.8. The Hall–Kier alpha value is -0.750. The van der Waals surface area contributed by atoms with Crippen LogP contribution in [-0.2, 0) is 11.5 Å². The second kappa shape index (κ2) is 12.7. The predicted octanol–water partition coefficient (Wildman–Crippen LogP) is 5.53. The van der Waals surface area contributed by atoms with Crippen molar-refractivity contribution in [3.63, 3.8) is 0 Å². The normalized spacial score (nSPS) is 9.85. The van der Waals surface area contributed by atoms with Crippen molar-refractivity contribution in [3.05, 3.63) is 59.2 Å². The van der Waals surface area contributed by atoms with E-state index in [0.29, 0.717) is 22.6 Å². The molecule has 0 aliphatic carbocycles. The average Bonchev–Trinajstić information content (AvgIpc) is 2.54. The molecule has 148 valence electrons. The molecular formula is C16H18Br2F2N4S3. The zero-order chi connectivity index (χ0) is 18.4. The van der Waals surface area contributed by atoms with Crippen LogP contribution in [0.4, 0.5) is 8.78 Å². The fourth-order valence-electron chi connectivity index (χ4n) is 1.95. The summed E-state index contributed by atoms with van der Waals surface area (Å²) in [5.41, 5.74) is 12.1. The molecule has 0 atom stereocenters. The molecule has 2 aromatic carbocycles. The van der Waals surface area contributed by atoms with Crippen LogP contribution in [0, 0.1) is 22.5 Å². The zero-order valence-electron chi connectivity index (χ0n) is 13.8. The molecule has 6 N–H and O–H groups in total. The molecule has 0 spiro atoms. The first-order valence-electron chi connectivity index (χ1n) is 7.03. The maximum Gasteiger partial charge on any atom is 0.151 e. The van der Waals surface area contributed by atoms with Crippen LogP contribution in [0.5, 0.6) is 0 Å². The Bertz CT molecular complexity index is 744. The van der Waals surface area contributed by atoms with E-state index in [1.807, 2.05) is 0 Å². The van der Waals surface area contributed by atoms with Gasteiger partial charge in [0.25, 0.3) is 0 Å². The molecule has 0 bridgehead atoms. The minimum Gasteiger partial charge on any atom is -0.379 e. The highest BCUT2D eigenvalue weighted by Gasteiger charge is 2.12. The van der Waals surface area contributed by atoms with Crippen LogP contribution in [0.1, 0.15) is 11.1 Å². The highest BCUT2D eigenvalue weighted by Crippen LogP contribution is 2.36. The van der Waals surface area contributed by atoms with Gasteiger partial charge < -0.3 is 11.5 Å². The Morgan fingerprint density at radius 3 is 1.48 bits per heavy atom. The van der Waals surface area contributed by atoms with Crippen LogP contribution in [0.25, 0.3) is 0 Å². The van der Waals surface area contributed by atoms with E-state index in [1.165, 1.54) is 36.0 Å². The summed E-state index contributed by atoms with van der Waals surface area (Å²) < 4.78 is 27.1. The molecule has 0 amide bonds. The molecule has 0 aliphatic rings. The van der Waals surface area contributed by atoms with Gasteiger partial charge in [-0.25, -0.2) is 8.78 Å². The van der Waals surface area contributed by atoms with Gasteiger partial charge in [-0.15, -0.1) is 34.0 Å². The average molecular weight is 560 g/mol. The summed E-state index contributed by atoms with van der Waals surface area (Å²) in [6.07, 6.45) is 0. The van der Waals surface area contributed by atoms with Crippen molar-refractivity contribution in [1.29, 1.82) is 10.8 Å². The van der Waals surface area contributed by atoms with Gasteiger partial charge in [0.1, 0.15) is 11.6 Å². The predicted molar refractivity (Wildman–Crippen MR) is 124 cm³/mol. The lowest BCUT2D eigenvalue weighted by Gasteiger charge is -2.12. The quantitative estimate of drug-likeness (QED) is 0.275. The number of nitrogens with one attached hydrogen (secondary N) is 2. The van der Waals surface area contributed by atoms with Gasteiger partial charge in [-0.3, -0.25) is 10.8 Å². The maximum atomic E-state index is 13.6. The van der Waals surface area contributed by atoms with Gasteiger partial charge in [-0.2, -0.15) is 0 Å². The summed E-state index contributed by atoms with van der Waals surface area (Å²) in [4.78, 5) is 1.60. The van der Waals surface area contributed by atoms with E-state index >= 15 is 0 Å². The molecule has 11 heteroatoms. The minimum atomic E-state index is -0.366. The lowest BCUT2D eigenvalue weighted by atomic mass is 10.2. The number of benzene rings is 2. The molecule has 0 aliphatic heterocycles. The number of halogens is 4. The minimum absolute atomic E-state index is 0. The maximum absolute atomic E-state index is 13.6. The zero-order valence-corrected chi connectivity index (χ0v) is 19.7. The fraction of sp³-hybridized carbons (Fsp3) is 0.125. The summed E-state index contributed by atoms with van der Waals surface area (Å²) in [6.45, 7) is 0. The highest BCUT2D eigenvalue weighted by atomic mass is 79.9. The van der Waals surface area contributed by atoms with Crippen molar-refractivity contribution in [2.24, 2.45) is 11.5 Å². The summed E-state index contributed by atoms with van der Waals surface area (Å²) in [5, 5.41) is 14.5. The molecule has 0 radical (unpaired) electrons. The molecular weight excluding hydrogens is 542 g/mol. The molecule has 2 rings (SSSR count). The van der Waals surface area contributed by atoms with Crippen molar-refractivity contribution in [1.82, 2.24) is 0 Å². The molecule has 0 fully saturated rings. The van der Waals surface area contributed by atoms with E-state index in [2.05, 4.69) is 0 Å². The monoisotopic (exact) mass is 558 g/mol. The van der Waals surface area contributed by atoms with Crippen molar-refractivity contribution >= 4 is 79.6 Å². The molecule has 0 aromatic heterocycles. The number of hydrogen-bond donors (Lipinski definition) is 4. The highest BCUT2D eigenvalue weighted by molar-refractivity contribution is 8.93. The van der Waals surface area contributed by atoms with Crippen LogP contribution >= 0.6 is 69.2 Å². The number of rotatable bonds is 6. The summed E-state index contributed by atoms with van der Waals surface area (Å²) in [6, 6.07) is 8.84. The van der Waals surface area contributed by atoms with Crippen LogP contribution in [0.15, 0.2) is 46.2 Å². The van der Waals surface area contributed by atoms with Crippen molar-refractivity contribution < 1.29 is 8.78 Å².